The summed E-state index contributed by atoms with van der Waals surface area (Å²) in [6.07, 6.45) is -1.01. The van der Waals surface area contributed by atoms with Crippen molar-refractivity contribution >= 4 is 7.60 Å². The van der Waals surface area contributed by atoms with Crippen molar-refractivity contribution in [1.82, 2.24) is 9.55 Å². The molecule has 2 unspecified atom stereocenters. The van der Waals surface area contributed by atoms with Crippen molar-refractivity contribution < 1.29 is 28.6 Å². The summed E-state index contributed by atoms with van der Waals surface area (Å²) < 4.78 is 29.1. The maximum Gasteiger partial charge on any atom is 0.348 e. The summed E-state index contributed by atoms with van der Waals surface area (Å²) in [6, 6.07) is 1.16. The zero-order valence-corrected chi connectivity index (χ0v) is 14.8. The summed E-state index contributed by atoms with van der Waals surface area (Å²) >= 11 is 0. The van der Waals surface area contributed by atoms with Crippen LogP contribution >= 0.6 is 7.60 Å². The zero-order valence-electron chi connectivity index (χ0n) is 13.9. The van der Waals surface area contributed by atoms with Gasteiger partial charge in [-0.05, 0) is 19.9 Å². The molecule has 0 radical (unpaired) electrons. The lowest BCUT2D eigenvalue weighted by molar-refractivity contribution is -0.0768. The highest BCUT2D eigenvalue weighted by molar-refractivity contribution is 7.55. The number of ether oxygens (including phenoxy) is 3. The molecule has 1 aliphatic heterocycles. The molecule has 0 aliphatic carbocycles. The molecule has 10 nitrogen and oxygen atoms in total. The van der Waals surface area contributed by atoms with E-state index in [1.807, 2.05) is 0 Å². The maximum atomic E-state index is 12.0. The molecule has 1 fully saturated rings. The Morgan fingerprint density at radius 3 is 2.56 bits per heavy atom. The molecule has 4 atom stereocenters. The van der Waals surface area contributed by atoms with E-state index >= 15 is 0 Å². The fourth-order valence-corrected chi connectivity index (χ4v) is 2.98. The van der Waals surface area contributed by atoms with Crippen molar-refractivity contribution in [2.75, 3.05) is 7.11 Å². The lowest BCUT2D eigenvalue weighted by Crippen LogP contribution is -2.40. The normalized spacial score (nSPS) is 27.4. The van der Waals surface area contributed by atoms with E-state index in [0.29, 0.717) is 0 Å². The Balaban J connectivity index is 2.41. The van der Waals surface area contributed by atoms with Gasteiger partial charge >= 0.3 is 13.3 Å². The lowest BCUT2D eigenvalue weighted by atomic mass is 10.1. The molecule has 0 amide bonds. The second-order valence-corrected chi connectivity index (χ2v) is 7.27. The summed E-state index contributed by atoms with van der Waals surface area (Å²) in [7, 11) is -2.98. The van der Waals surface area contributed by atoms with Crippen molar-refractivity contribution in [1.29, 1.82) is 0 Å². The Bertz CT molecular complexity index is 780. The van der Waals surface area contributed by atoms with Crippen LogP contribution in [0.1, 0.15) is 20.1 Å². The number of hydrogen-bond donors (Lipinski definition) is 3. The third kappa shape index (κ3) is 4.97. The van der Waals surface area contributed by atoms with Gasteiger partial charge in [0.25, 0.3) is 5.56 Å². The van der Waals surface area contributed by atoms with E-state index in [1.54, 1.807) is 13.8 Å². The van der Waals surface area contributed by atoms with Gasteiger partial charge in [0.15, 0.2) is 6.23 Å². The van der Waals surface area contributed by atoms with Gasteiger partial charge in [-0.25, -0.2) is 4.79 Å². The smallest absolute Gasteiger partial charge is 0.348 e. The largest absolute Gasteiger partial charge is 0.374 e. The topological polar surface area (TPSA) is 140 Å². The number of rotatable bonds is 6. The van der Waals surface area contributed by atoms with E-state index in [-0.39, 0.29) is 6.10 Å². The van der Waals surface area contributed by atoms with Crippen LogP contribution < -0.4 is 11.2 Å². The number of nitrogens with zero attached hydrogens (tertiary/aromatic N) is 1. The van der Waals surface area contributed by atoms with Gasteiger partial charge in [-0.2, -0.15) is 0 Å². The van der Waals surface area contributed by atoms with Crippen molar-refractivity contribution in [3.63, 3.8) is 0 Å². The predicted molar refractivity (Wildman–Crippen MR) is 87.2 cm³/mol. The van der Waals surface area contributed by atoms with Crippen LogP contribution in [0.25, 0.3) is 0 Å². The molecule has 2 heterocycles. The van der Waals surface area contributed by atoms with E-state index in [0.717, 1.165) is 16.5 Å². The van der Waals surface area contributed by atoms with Gasteiger partial charge < -0.3 is 24.0 Å². The molecule has 11 heteroatoms. The molecule has 0 aromatic carbocycles. The van der Waals surface area contributed by atoms with E-state index in [2.05, 4.69) is 4.98 Å². The van der Waals surface area contributed by atoms with Crippen molar-refractivity contribution in [2.45, 2.75) is 44.5 Å². The fraction of sp³-hybridized carbons (Fsp3) is 0.571. The van der Waals surface area contributed by atoms with Crippen LogP contribution in [0.15, 0.2) is 33.7 Å². The molecule has 0 saturated carbocycles. The van der Waals surface area contributed by atoms with Gasteiger partial charge in [0.2, 0.25) is 0 Å². The van der Waals surface area contributed by atoms with Crippen LogP contribution in [0, 0.1) is 0 Å². The number of nitrogens with one attached hydrogen (secondary N) is 1. The highest BCUT2D eigenvalue weighted by atomic mass is 31.2. The van der Waals surface area contributed by atoms with Crippen LogP contribution in [-0.2, 0) is 18.8 Å². The van der Waals surface area contributed by atoms with E-state index < -0.39 is 43.4 Å². The summed E-state index contributed by atoms with van der Waals surface area (Å²) in [4.78, 5) is 43.4. The van der Waals surface area contributed by atoms with E-state index in [9.17, 15) is 14.2 Å². The van der Waals surface area contributed by atoms with Gasteiger partial charge in [-0.3, -0.25) is 18.9 Å². The predicted octanol–water partition coefficient (Wildman–Crippen LogP) is -0.0660. The Morgan fingerprint density at radius 1 is 1.36 bits per heavy atom. The second kappa shape index (κ2) is 7.77. The molecule has 1 aromatic rings. The molecule has 1 aliphatic rings. The van der Waals surface area contributed by atoms with Gasteiger partial charge in [0, 0.05) is 25.2 Å². The number of aromatic amines is 1. The summed E-state index contributed by atoms with van der Waals surface area (Å²) in [6.45, 7) is 3.58. The minimum atomic E-state index is -4.39. The molecule has 0 spiro atoms. The van der Waals surface area contributed by atoms with Gasteiger partial charge in [0.1, 0.15) is 18.3 Å². The highest BCUT2D eigenvalue weighted by Gasteiger charge is 2.46. The van der Waals surface area contributed by atoms with Crippen LogP contribution in [-0.4, -0.2) is 50.9 Å². The number of hydrogen-bond acceptors (Lipinski definition) is 6. The molecule has 0 bridgehead atoms. The van der Waals surface area contributed by atoms with Crippen LogP contribution in [0.2, 0.25) is 0 Å². The van der Waals surface area contributed by atoms with Crippen LogP contribution in [0.5, 0.6) is 0 Å². The Morgan fingerprint density at radius 2 is 2.04 bits per heavy atom. The molecule has 1 saturated heterocycles. The average molecular weight is 376 g/mol. The first-order valence-corrected chi connectivity index (χ1v) is 9.20. The van der Waals surface area contributed by atoms with Crippen LogP contribution in [0.3, 0.4) is 0 Å². The summed E-state index contributed by atoms with van der Waals surface area (Å²) in [5.74, 6) is 0.721. The Kier molecular flexibility index (Phi) is 6.15. The highest BCUT2D eigenvalue weighted by Crippen LogP contribution is 2.39. The summed E-state index contributed by atoms with van der Waals surface area (Å²) in [5.41, 5.74) is -1.25. The quantitative estimate of drug-likeness (QED) is 0.586. The van der Waals surface area contributed by atoms with Crippen molar-refractivity contribution in [2.24, 2.45) is 0 Å². The fourth-order valence-electron chi connectivity index (χ4n) is 2.59. The first-order valence-electron chi connectivity index (χ1n) is 7.52. The average Bonchev–Trinajstić information content (AvgIpc) is 2.81. The zero-order chi connectivity index (χ0) is 18.8. The van der Waals surface area contributed by atoms with Crippen molar-refractivity contribution in [3.8, 4) is 0 Å². The van der Waals surface area contributed by atoms with E-state index in [1.165, 1.54) is 19.4 Å². The lowest BCUT2D eigenvalue weighted by Gasteiger charge is -2.24. The first-order chi connectivity index (χ1) is 11.6. The molecule has 1 aromatic heterocycles. The van der Waals surface area contributed by atoms with Gasteiger partial charge in [-0.1, -0.05) is 0 Å². The Labute approximate surface area is 143 Å². The van der Waals surface area contributed by atoms with E-state index in [4.69, 9.17) is 24.0 Å². The monoisotopic (exact) mass is 376 g/mol. The molecule has 3 N–H and O–H groups in total. The summed E-state index contributed by atoms with van der Waals surface area (Å²) in [5, 5.41) is 0. The number of methoxy groups -OCH3 is 1. The first kappa shape index (κ1) is 19.8. The number of H-pyrrole nitrogens is 1. The standard InChI is InChI=1S/C14H21N2O8P/c1-8(2)23-11-9(5-7-25(19,20)21)24-13(12(11)22-3)16-6-4-10(17)15-14(16)18/h4-9,11-13H,1-3H3,(H,15,17,18)(H2,19,20,21)/b7-5+/t9-,11?,12?,13-/m1/s1. The molecule has 140 valence electrons. The third-order valence-corrected chi connectivity index (χ3v) is 4.08. The molecule has 2 rings (SSSR count). The SMILES string of the molecule is COC1C(OC(C)C)[C@@H](/C=C/P(=O)(O)O)O[C@H]1n1ccc(=O)[nH]c1=O. The minimum absolute atomic E-state index is 0.219. The molecule has 25 heavy (non-hydrogen) atoms. The maximum absolute atomic E-state index is 12.0. The van der Waals surface area contributed by atoms with Gasteiger partial charge in [-0.15, -0.1) is 0 Å². The second-order valence-electron chi connectivity index (χ2n) is 5.79. The van der Waals surface area contributed by atoms with Gasteiger partial charge in [0.05, 0.1) is 6.10 Å². The third-order valence-electron chi connectivity index (χ3n) is 3.52. The Hall–Kier alpha value is -1.55. The van der Waals surface area contributed by atoms with Crippen molar-refractivity contribution in [3.05, 3.63) is 45.0 Å². The minimum Gasteiger partial charge on any atom is -0.374 e. The number of aromatic nitrogens is 2. The molecular weight excluding hydrogens is 355 g/mol. The molecular formula is C14H21N2O8P. The van der Waals surface area contributed by atoms with Crippen LogP contribution in [0.4, 0.5) is 0 Å².